The summed E-state index contributed by atoms with van der Waals surface area (Å²) in [6.45, 7) is 1.66. The smallest absolute Gasteiger partial charge is 0.241 e. The van der Waals surface area contributed by atoms with E-state index in [4.69, 9.17) is 4.74 Å². The second kappa shape index (κ2) is 6.78. The summed E-state index contributed by atoms with van der Waals surface area (Å²) in [7, 11) is 5.57. The van der Waals surface area contributed by atoms with Crippen LogP contribution in [0.1, 0.15) is 12.0 Å². The minimum absolute atomic E-state index is 0.0164. The van der Waals surface area contributed by atoms with Crippen molar-refractivity contribution < 1.29 is 9.53 Å². The number of rotatable bonds is 4. The molecular weight excluding hydrogens is 340 g/mol. The van der Waals surface area contributed by atoms with Crippen LogP contribution in [-0.4, -0.2) is 46.2 Å². The summed E-state index contributed by atoms with van der Waals surface area (Å²) in [6, 6.07) is 13.9. The Morgan fingerprint density at radius 2 is 2.04 bits per heavy atom. The fourth-order valence-electron chi connectivity index (χ4n) is 4.12. The Kier molecular flexibility index (Phi) is 4.44. The van der Waals surface area contributed by atoms with E-state index in [9.17, 15) is 4.79 Å². The third kappa shape index (κ3) is 3.10. The molecule has 0 bridgehead atoms. The van der Waals surface area contributed by atoms with Crippen LogP contribution in [0, 0.1) is 0 Å². The van der Waals surface area contributed by atoms with Gasteiger partial charge in [-0.05, 0) is 30.2 Å². The predicted molar refractivity (Wildman–Crippen MR) is 109 cm³/mol. The number of nitrogens with zero attached hydrogens (tertiary/aromatic N) is 1. The summed E-state index contributed by atoms with van der Waals surface area (Å²) in [6.07, 6.45) is 0.779. The highest BCUT2D eigenvalue weighted by Crippen LogP contribution is 2.42. The van der Waals surface area contributed by atoms with Crippen molar-refractivity contribution in [3.8, 4) is 5.75 Å². The zero-order valence-electron chi connectivity index (χ0n) is 16.0. The normalized spacial score (nSPS) is 23.0. The lowest BCUT2D eigenvalue weighted by Crippen LogP contribution is -2.35. The minimum atomic E-state index is -0.226. The van der Waals surface area contributed by atoms with Gasteiger partial charge in [-0.3, -0.25) is 4.79 Å². The highest BCUT2D eigenvalue weighted by atomic mass is 16.5. The number of nitrogens with one attached hydrogen (secondary N) is 3. The summed E-state index contributed by atoms with van der Waals surface area (Å²) in [5.74, 6) is 0.641. The Hall–Kier alpha value is -2.73. The number of hydrogen-bond donors (Lipinski definition) is 3. The number of methoxy groups -OCH3 is 1. The monoisotopic (exact) mass is 366 g/mol. The van der Waals surface area contributed by atoms with Gasteiger partial charge in [0.2, 0.25) is 5.91 Å². The number of hydrogen-bond acceptors (Lipinski definition) is 5. The maximum atomic E-state index is 12.9. The van der Waals surface area contributed by atoms with Crippen molar-refractivity contribution >= 4 is 23.0 Å². The van der Waals surface area contributed by atoms with Crippen molar-refractivity contribution in [3.05, 3.63) is 48.0 Å². The van der Waals surface area contributed by atoms with E-state index >= 15 is 0 Å². The van der Waals surface area contributed by atoms with Gasteiger partial charge >= 0.3 is 0 Å². The molecule has 2 aliphatic rings. The van der Waals surface area contributed by atoms with Crippen LogP contribution >= 0.6 is 0 Å². The lowest BCUT2D eigenvalue weighted by molar-refractivity contribution is -0.117. The maximum absolute atomic E-state index is 12.9. The van der Waals surface area contributed by atoms with Gasteiger partial charge in [0.1, 0.15) is 5.75 Å². The predicted octanol–water partition coefficient (Wildman–Crippen LogP) is 2.43. The molecule has 2 aromatic rings. The summed E-state index contributed by atoms with van der Waals surface area (Å²) in [5.41, 5.74) is 4.19. The van der Waals surface area contributed by atoms with Crippen molar-refractivity contribution in [2.75, 3.05) is 49.8 Å². The average Bonchev–Trinajstić information content (AvgIpc) is 3.27. The van der Waals surface area contributed by atoms with E-state index < -0.39 is 0 Å². The summed E-state index contributed by atoms with van der Waals surface area (Å²) < 4.78 is 5.47. The van der Waals surface area contributed by atoms with Gasteiger partial charge in [0, 0.05) is 50.0 Å². The van der Waals surface area contributed by atoms with Gasteiger partial charge in [-0.1, -0.05) is 18.2 Å². The minimum Gasteiger partial charge on any atom is -0.494 e. The zero-order chi connectivity index (χ0) is 19.0. The van der Waals surface area contributed by atoms with Crippen LogP contribution in [0.25, 0.3) is 0 Å². The summed E-state index contributed by atoms with van der Waals surface area (Å²) in [5, 5.41) is 9.93. The molecule has 1 spiro atoms. The Bertz CT molecular complexity index is 867. The number of ether oxygens (including phenoxy) is 1. The van der Waals surface area contributed by atoms with Crippen LogP contribution in [0.15, 0.2) is 42.5 Å². The molecule has 27 heavy (non-hydrogen) atoms. The number of carbonyl (C=O) groups is 1. The molecule has 2 unspecified atom stereocenters. The molecule has 6 nitrogen and oxygen atoms in total. The SMILES string of the molecule is COc1cc(N(C)C)ccc1NC(=O)C1CC2(CNc3ccccc32)CN1. The second-order valence-corrected chi connectivity index (χ2v) is 7.59. The molecule has 2 aromatic carbocycles. The molecule has 1 fully saturated rings. The third-order valence-corrected chi connectivity index (χ3v) is 5.67. The Morgan fingerprint density at radius 1 is 1.22 bits per heavy atom. The van der Waals surface area contributed by atoms with Gasteiger partial charge < -0.3 is 25.6 Å². The fourth-order valence-corrected chi connectivity index (χ4v) is 4.12. The van der Waals surface area contributed by atoms with Gasteiger partial charge in [-0.25, -0.2) is 0 Å². The lowest BCUT2D eigenvalue weighted by atomic mass is 9.80. The number of carbonyl (C=O) groups excluding carboxylic acids is 1. The van der Waals surface area contributed by atoms with Crippen LogP contribution in [0.4, 0.5) is 17.1 Å². The van der Waals surface area contributed by atoms with E-state index in [1.165, 1.54) is 11.3 Å². The fraction of sp³-hybridized carbons (Fsp3) is 0.381. The molecule has 142 valence electrons. The van der Waals surface area contributed by atoms with Crippen molar-refractivity contribution in [2.24, 2.45) is 0 Å². The summed E-state index contributed by atoms with van der Waals surface area (Å²) >= 11 is 0. The standard InChI is InChI=1S/C21H26N4O2/c1-25(2)14-8-9-17(19(10-14)27-3)24-20(26)18-11-21(13-23-18)12-22-16-7-5-4-6-15(16)21/h4-10,18,22-23H,11-13H2,1-3H3,(H,24,26). The van der Waals surface area contributed by atoms with E-state index in [1.807, 2.05) is 43.3 Å². The third-order valence-electron chi connectivity index (χ3n) is 5.67. The van der Waals surface area contributed by atoms with Crippen LogP contribution < -0.4 is 25.6 Å². The average molecular weight is 366 g/mol. The molecule has 2 aliphatic heterocycles. The van der Waals surface area contributed by atoms with Crippen molar-refractivity contribution in [1.82, 2.24) is 5.32 Å². The number of anilines is 3. The second-order valence-electron chi connectivity index (χ2n) is 7.59. The van der Waals surface area contributed by atoms with Crippen molar-refractivity contribution in [3.63, 3.8) is 0 Å². The largest absolute Gasteiger partial charge is 0.494 e. The number of amides is 1. The molecule has 6 heteroatoms. The molecule has 2 atom stereocenters. The highest BCUT2D eigenvalue weighted by Gasteiger charge is 2.46. The van der Waals surface area contributed by atoms with Crippen LogP contribution in [-0.2, 0) is 10.2 Å². The van der Waals surface area contributed by atoms with Gasteiger partial charge in [0.15, 0.2) is 0 Å². The van der Waals surface area contributed by atoms with Crippen molar-refractivity contribution in [2.45, 2.75) is 17.9 Å². The van der Waals surface area contributed by atoms with E-state index in [1.54, 1.807) is 7.11 Å². The van der Waals surface area contributed by atoms with Crippen molar-refractivity contribution in [1.29, 1.82) is 0 Å². The molecule has 1 amide bonds. The van der Waals surface area contributed by atoms with E-state index in [0.717, 1.165) is 25.2 Å². The molecule has 0 radical (unpaired) electrons. The highest BCUT2D eigenvalue weighted by molar-refractivity contribution is 5.97. The van der Waals surface area contributed by atoms with E-state index in [2.05, 4.69) is 34.1 Å². The zero-order valence-corrected chi connectivity index (χ0v) is 16.0. The first kappa shape index (κ1) is 17.7. The molecule has 0 aliphatic carbocycles. The molecule has 4 rings (SSSR count). The maximum Gasteiger partial charge on any atom is 0.241 e. The first-order valence-corrected chi connectivity index (χ1v) is 9.25. The van der Waals surface area contributed by atoms with Crippen LogP contribution in [0.2, 0.25) is 0 Å². The van der Waals surface area contributed by atoms with Gasteiger partial charge in [-0.15, -0.1) is 0 Å². The number of fused-ring (bicyclic) bond motifs is 2. The van der Waals surface area contributed by atoms with Gasteiger partial charge in [0.05, 0.1) is 18.8 Å². The molecule has 1 saturated heterocycles. The van der Waals surface area contributed by atoms with Gasteiger partial charge in [0.25, 0.3) is 0 Å². The molecule has 2 heterocycles. The topological polar surface area (TPSA) is 65.6 Å². The van der Waals surface area contributed by atoms with Gasteiger partial charge in [-0.2, -0.15) is 0 Å². The Balaban J connectivity index is 1.49. The first-order valence-electron chi connectivity index (χ1n) is 9.25. The van der Waals surface area contributed by atoms with Crippen LogP contribution in [0.3, 0.4) is 0 Å². The molecule has 3 N–H and O–H groups in total. The Labute approximate surface area is 159 Å². The quantitative estimate of drug-likeness (QED) is 0.776. The van der Waals surface area contributed by atoms with E-state index in [-0.39, 0.29) is 17.4 Å². The number of benzene rings is 2. The first-order chi connectivity index (χ1) is 13.0. The number of para-hydroxylation sites is 1. The summed E-state index contributed by atoms with van der Waals surface area (Å²) in [4.78, 5) is 14.9. The van der Waals surface area contributed by atoms with Crippen LogP contribution in [0.5, 0.6) is 5.75 Å². The Morgan fingerprint density at radius 3 is 2.81 bits per heavy atom. The lowest BCUT2D eigenvalue weighted by Gasteiger charge is -2.22. The molecule has 0 saturated carbocycles. The molecular formula is C21H26N4O2. The molecule has 0 aromatic heterocycles. The van der Waals surface area contributed by atoms with E-state index in [0.29, 0.717) is 11.4 Å².